The molecule has 4 N–H and O–H groups in total. The molecule has 0 unspecified atom stereocenters. The fraction of sp³-hybridized carbons (Fsp3) is 0.167. The number of rotatable bonds is 4. The summed E-state index contributed by atoms with van der Waals surface area (Å²) in [6, 6.07) is 4.27. The highest BCUT2D eigenvalue weighted by molar-refractivity contribution is 7.18. The number of hydrogen-bond donors (Lipinski definition) is 3. The summed E-state index contributed by atoms with van der Waals surface area (Å²) in [4.78, 5) is 16.3. The molecule has 0 bridgehead atoms. The van der Waals surface area contributed by atoms with Gasteiger partial charge in [0, 0.05) is 13.6 Å². The van der Waals surface area contributed by atoms with Gasteiger partial charge >= 0.3 is 0 Å². The van der Waals surface area contributed by atoms with Gasteiger partial charge in [-0.1, -0.05) is 29.0 Å². The Labute approximate surface area is 124 Å². The molecule has 0 radical (unpaired) electrons. The van der Waals surface area contributed by atoms with Crippen LogP contribution in [0.15, 0.2) is 18.2 Å². The van der Waals surface area contributed by atoms with Crippen LogP contribution in [0.4, 0.5) is 15.3 Å². The van der Waals surface area contributed by atoms with Gasteiger partial charge in [-0.2, -0.15) is 0 Å². The second-order valence-corrected chi connectivity index (χ2v) is 5.32. The molecule has 8 heteroatoms. The van der Waals surface area contributed by atoms with Crippen LogP contribution in [0.3, 0.4) is 0 Å². The molecule has 0 spiro atoms. The van der Waals surface area contributed by atoms with Crippen molar-refractivity contribution < 1.29 is 9.18 Å². The second kappa shape index (κ2) is 6.06. The van der Waals surface area contributed by atoms with E-state index in [2.05, 4.69) is 15.6 Å². The Morgan fingerprint density at radius 2 is 2.30 bits per heavy atom. The second-order valence-electron chi connectivity index (χ2n) is 3.91. The zero-order valence-electron chi connectivity index (χ0n) is 10.5. The van der Waals surface area contributed by atoms with Gasteiger partial charge < -0.3 is 16.4 Å². The molecule has 0 aliphatic rings. The average Bonchev–Trinajstić information content (AvgIpc) is 2.81. The van der Waals surface area contributed by atoms with Crippen molar-refractivity contribution in [1.29, 1.82) is 0 Å². The first-order valence-corrected chi connectivity index (χ1v) is 6.87. The first kappa shape index (κ1) is 14.5. The van der Waals surface area contributed by atoms with Gasteiger partial charge in [-0.05, 0) is 17.7 Å². The molecule has 1 aromatic carbocycles. The summed E-state index contributed by atoms with van der Waals surface area (Å²) in [5.74, 6) is -0.650. The van der Waals surface area contributed by atoms with Crippen LogP contribution in [0.1, 0.15) is 15.2 Å². The number of nitrogens with zero attached hydrogens (tertiary/aromatic N) is 1. The van der Waals surface area contributed by atoms with Crippen molar-refractivity contribution in [3.63, 3.8) is 0 Å². The maximum absolute atomic E-state index is 13.0. The van der Waals surface area contributed by atoms with Crippen LogP contribution in [0.25, 0.3) is 0 Å². The van der Waals surface area contributed by atoms with E-state index in [4.69, 9.17) is 17.3 Å². The Hall–Kier alpha value is -1.86. The predicted octanol–water partition coefficient (Wildman–Crippen LogP) is 2.49. The van der Waals surface area contributed by atoms with E-state index in [0.717, 1.165) is 11.3 Å². The molecule has 0 saturated carbocycles. The highest BCUT2D eigenvalue weighted by atomic mass is 35.5. The molecule has 1 heterocycles. The number of benzene rings is 1. The van der Waals surface area contributed by atoms with Crippen molar-refractivity contribution in [1.82, 2.24) is 10.3 Å². The Morgan fingerprint density at radius 3 is 2.90 bits per heavy atom. The number of halogens is 2. The van der Waals surface area contributed by atoms with Gasteiger partial charge in [0.05, 0.1) is 5.02 Å². The van der Waals surface area contributed by atoms with Crippen LogP contribution < -0.4 is 16.4 Å². The number of carbonyl (C=O) groups excluding carboxylic acids is 1. The van der Waals surface area contributed by atoms with E-state index < -0.39 is 5.82 Å². The number of hydrogen-bond acceptors (Lipinski definition) is 5. The predicted molar refractivity (Wildman–Crippen MR) is 78.7 cm³/mol. The van der Waals surface area contributed by atoms with E-state index in [9.17, 15) is 9.18 Å². The molecule has 0 aliphatic carbocycles. The van der Waals surface area contributed by atoms with E-state index in [1.54, 1.807) is 13.1 Å². The maximum atomic E-state index is 13.0. The minimum atomic E-state index is -0.493. The summed E-state index contributed by atoms with van der Waals surface area (Å²) in [6.45, 7) is 0.227. The van der Waals surface area contributed by atoms with E-state index in [0.29, 0.717) is 15.6 Å². The lowest BCUT2D eigenvalue weighted by Gasteiger charge is -2.05. The third kappa shape index (κ3) is 3.17. The topological polar surface area (TPSA) is 80.0 Å². The average molecular weight is 315 g/mol. The molecule has 0 saturated heterocycles. The molecule has 0 aliphatic heterocycles. The first-order valence-electron chi connectivity index (χ1n) is 5.67. The van der Waals surface area contributed by atoms with Crippen molar-refractivity contribution in [2.45, 2.75) is 6.54 Å². The standard InChI is InChI=1S/C12H12ClFN4OS/c1-16-12-18-10(15)9(20-12)11(19)17-5-6-2-3-8(14)7(13)4-6/h2-4H,5,15H2,1H3,(H,16,18)(H,17,19). The normalized spacial score (nSPS) is 10.3. The Balaban J connectivity index is 2.04. The van der Waals surface area contributed by atoms with E-state index >= 15 is 0 Å². The molecule has 20 heavy (non-hydrogen) atoms. The van der Waals surface area contributed by atoms with Crippen molar-refractivity contribution >= 4 is 39.8 Å². The zero-order chi connectivity index (χ0) is 14.7. The number of carbonyl (C=O) groups is 1. The molecule has 1 amide bonds. The Morgan fingerprint density at radius 1 is 1.55 bits per heavy atom. The first-order chi connectivity index (χ1) is 9.51. The molecular formula is C12H12ClFN4OS. The van der Waals surface area contributed by atoms with Gasteiger partial charge in [-0.15, -0.1) is 0 Å². The van der Waals surface area contributed by atoms with E-state index in [-0.39, 0.29) is 23.3 Å². The lowest BCUT2D eigenvalue weighted by Crippen LogP contribution is -2.22. The smallest absolute Gasteiger partial charge is 0.265 e. The van der Waals surface area contributed by atoms with Gasteiger partial charge in [0.1, 0.15) is 16.5 Å². The SMILES string of the molecule is CNc1nc(N)c(C(=O)NCc2ccc(F)c(Cl)c2)s1. The Bertz CT molecular complexity index is 646. The van der Waals surface area contributed by atoms with Crippen LogP contribution in [0, 0.1) is 5.82 Å². The third-order valence-electron chi connectivity index (χ3n) is 2.51. The van der Waals surface area contributed by atoms with Gasteiger partial charge in [0.2, 0.25) is 0 Å². The summed E-state index contributed by atoms with van der Waals surface area (Å²) in [6.07, 6.45) is 0. The zero-order valence-corrected chi connectivity index (χ0v) is 12.1. The summed E-state index contributed by atoms with van der Waals surface area (Å²) < 4.78 is 13.0. The monoisotopic (exact) mass is 314 g/mol. The molecule has 2 aromatic rings. The summed E-state index contributed by atoms with van der Waals surface area (Å²) in [5.41, 5.74) is 6.35. The van der Waals surface area contributed by atoms with Crippen LogP contribution >= 0.6 is 22.9 Å². The van der Waals surface area contributed by atoms with Crippen molar-refractivity contribution in [3.8, 4) is 0 Å². The molecule has 106 valence electrons. The highest BCUT2D eigenvalue weighted by Crippen LogP contribution is 2.24. The van der Waals surface area contributed by atoms with E-state index in [1.165, 1.54) is 12.1 Å². The minimum Gasteiger partial charge on any atom is -0.382 e. The minimum absolute atomic E-state index is 0.0199. The van der Waals surface area contributed by atoms with Crippen LogP contribution in [0.5, 0.6) is 0 Å². The molecule has 2 rings (SSSR count). The quantitative estimate of drug-likeness (QED) is 0.810. The van der Waals surface area contributed by atoms with Gasteiger partial charge in [-0.25, -0.2) is 9.37 Å². The van der Waals surface area contributed by atoms with Crippen molar-refractivity contribution in [2.75, 3.05) is 18.1 Å². The van der Waals surface area contributed by atoms with Crippen LogP contribution in [-0.4, -0.2) is 17.9 Å². The number of thiazole rings is 1. The van der Waals surface area contributed by atoms with Crippen LogP contribution in [0.2, 0.25) is 5.02 Å². The molecular weight excluding hydrogens is 303 g/mol. The van der Waals surface area contributed by atoms with Gasteiger partial charge in [0.25, 0.3) is 5.91 Å². The lowest BCUT2D eigenvalue weighted by atomic mass is 10.2. The number of nitrogen functional groups attached to an aromatic ring is 1. The maximum Gasteiger partial charge on any atom is 0.265 e. The third-order valence-corrected chi connectivity index (χ3v) is 3.89. The molecule has 5 nitrogen and oxygen atoms in total. The van der Waals surface area contributed by atoms with Crippen molar-refractivity contribution in [2.24, 2.45) is 0 Å². The number of nitrogens with two attached hydrogens (primary N) is 1. The lowest BCUT2D eigenvalue weighted by molar-refractivity contribution is 0.0955. The fourth-order valence-electron chi connectivity index (χ4n) is 1.51. The molecule has 0 atom stereocenters. The van der Waals surface area contributed by atoms with Gasteiger partial charge in [0.15, 0.2) is 5.13 Å². The van der Waals surface area contributed by atoms with Crippen molar-refractivity contribution in [3.05, 3.63) is 39.5 Å². The van der Waals surface area contributed by atoms with Gasteiger partial charge in [-0.3, -0.25) is 4.79 Å². The Kier molecular flexibility index (Phi) is 4.41. The van der Waals surface area contributed by atoms with Crippen LogP contribution in [-0.2, 0) is 6.54 Å². The highest BCUT2D eigenvalue weighted by Gasteiger charge is 2.15. The fourth-order valence-corrected chi connectivity index (χ4v) is 2.47. The number of nitrogens with one attached hydrogen (secondary N) is 2. The number of amides is 1. The largest absolute Gasteiger partial charge is 0.382 e. The van der Waals surface area contributed by atoms with E-state index in [1.807, 2.05) is 0 Å². The number of aromatic nitrogens is 1. The molecule has 0 fully saturated rings. The summed E-state index contributed by atoms with van der Waals surface area (Å²) in [7, 11) is 1.69. The summed E-state index contributed by atoms with van der Waals surface area (Å²) in [5, 5.41) is 6.09. The molecule has 1 aromatic heterocycles. The summed E-state index contributed by atoms with van der Waals surface area (Å²) >= 11 is 6.83. The number of anilines is 2.